The maximum atomic E-state index is 12.9. The summed E-state index contributed by atoms with van der Waals surface area (Å²) in [6.45, 7) is 0.331. The van der Waals surface area contributed by atoms with Gasteiger partial charge in [-0.15, -0.1) is 0 Å². The molecule has 0 bridgehead atoms. The quantitative estimate of drug-likeness (QED) is 0.780. The number of rotatable bonds is 1. The molecule has 2 aliphatic rings. The minimum atomic E-state index is -2.62. The number of ether oxygens (including phenoxy) is 1. The molecular weight excluding hydrogens is 230 g/mol. The lowest BCUT2D eigenvalue weighted by atomic mass is 10.1. The second kappa shape index (κ2) is 3.49. The summed E-state index contributed by atoms with van der Waals surface area (Å²) in [6, 6.07) is 0. The van der Waals surface area contributed by atoms with Crippen molar-refractivity contribution in [3.63, 3.8) is 0 Å². The number of hydrogen-bond donors (Lipinski definition) is 1. The van der Waals surface area contributed by atoms with Gasteiger partial charge in [-0.05, 0) is 0 Å². The van der Waals surface area contributed by atoms with Gasteiger partial charge in [0.15, 0.2) is 0 Å². The van der Waals surface area contributed by atoms with Crippen LogP contribution in [-0.4, -0.2) is 35.6 Å². The Hall–Kier alpha value is -1.50. The first-order valence-corrected chi connectivity index (χ1v) is 5.41. The molecule has 1 saturated heterocycles. The average Bonchev–Trinajstić information content (AvgIpc) is 2.24. The molecule has 17 heavy (non-hydrogen) atoms. The summed E-state index contributed by atoms with van der Waals surface area (Å²) in [5.41, 5.74) is 7.20. The number of anilines is 2. The molecule has 0 aromatic carbocycles. The molecule has 1 aromatic rings. The highest BCUT2D eigenvalue weighted by Gasteiger charge is 2.45. The maximum absolute atomic E-state index is 12.9. The fourth-order valence-corrected chi connectivity index (χ4v) is 2.16. The van der Waals surface area contributed by atoms with Gasteiger partial charge in [-0.1, -0.05) is 0 Å². The van der Waals surface area contributed by atoms with E-state index in [9.17, 15) is 8.78 Å². The average molecular weight is 242 g/mol. The van der Waals surface area contributed by atoms with Crippen molar-refractivity contribution in [2.24, 2.45) is 0 Å². The monoisotopic (exact) mass is 242 g/mol. The second-order valence-corrected chi connectivity index (χ2v) is 4.35. The Kier molecular flexibility index (Phi) is 2.19. The van der Waals surface area contributed by atoms with E-state index < -0.39 is 5.92 Å². The molecular formula is C10H12F2N4O. The smallest absolute Gasteiger partial charge is 0.282 e. The summed E-state index contributed by atoms with van der Waals surface area (Å²) < 4.78 is 31.0. The highest BCUT2D eigenvalue weighted by Crippen LogP contribution is 2.34. The predicted octanol–water partition coefficient (Wildman–Crippen LogP) is 0.587. The molecule has 0 saturated carbocycles. The van der Waals surface area contributed by atoms with Crippen LogP contribution >= 0.6 is 0 Å². The van der Waals surface area contributed by atoms with Gasteiger partial charge in [0.1, 0.15) is 5.82 Å². The molecule has 0 unspecified atom stereocenters. The van der Waals surface area contributed by atoms with Crippen LogP contribution in [0.5, 0.6) is 0 Å². The number of nitrogen functional groups attached to an aromatic ring is 1. The van der Waals surface area contributed by atoms with Gasteiger partial charge in [-0.25, -0.2) is 13.8 Å². The number of hydrogen-bond acceptors (Lipinski definition) is 5. The number of alkyl halides is 2. The Morgan fingerprint density at radius 1 is 1.29 bits per heavy atom. The number of nitrogens with zero attached hydrogens (tertiary/aromatic N) is 3. The molecule has 1 aromatic heterocycles. The Morgan fingerprint density at radius 2 is 2.06 bits per heavy atom. The molecule has 0 atom stereocenters. The number of fused-ring (bicyclic) bond motifs is 1. The van der Waals surface area contributed by atoms with Gasteiger partial charge in [0.25, 0.3) is 5.92 Å². The Labute approximate surface area is 96.6 Å². The summed E-state index contributed by atoms with van der Waals surface area (Å²) in [6.07, 6.45) is 0.652. The topological polar surface area (TPSA) is 64.3 Å². The van der Waals surface area contributed by atoms with Crippen molar-refractivity contribution in [1.82, 2.24) is 9.97 Å². The fraction of sp³-hybridized carbons (Fsp3) is 0.600. The van der Waals surface area contributed by atoms with E-state index in [0.717, 1.165) is 11.3 Å². The first-order chi connectivity index (χ1) is 8.05. The predicted molar refractivity (Wildman–Crippen MR) is 57.0 cm³/mol. The van der Waals surface area contributed by atoms with Crippen molar-refractivity contribution >= 4 is 11.8 Å². The lowest BCUT2D eigenvalue weighted by Gasteiger charge is -2.40. The van der Waals surface area contributed by atoms with Crippen molar-refractivity contribution < 1.29 is 13.5 Å². The Balaban J connectivity index is 1.96. The van der Waals surface area contributed by atoms with Crippen LogP contribution in [0.2, 0.25) is 0 Å². The van der Waals surface area contributed by atoms with Crippen LogP contribution in [0.4, 0.5) is 20.5 Å². The van der Waals surface area contributed by atoms with Gasteiger partial charge < -0.3 is 15.4 Å². The maximum Gasteiger partial charge on any atom is 0.282 e. The summed E-state index contributed by atoms with van der Waals surface area (Å²) in [5.74, 6) is -1.99. The third-order valence-corrected chi connectivity index (χ3v) is 2.96. The summed E-state index contributed by atoms with van der Waals surface area (Å²) in [4.78, 5) is 9.70. The number of aromatic nitrogens is 2. The molecule has 0 spiro atoms. The Bertz CT molecular complexity index is 458. The molecule has 3 heterocycles. The van der Waals surface area contributed by atoms with Crippen LogP contribution in [0, 0.1) is 0 Å². The van der Waals surface area contributed by atoms with Gasteiger partial charge in [0, 0.05) is 12.0 Å². The molecule has 0 aliphatic carbocycles. The molecule has 7 heteroatoms. The first kappa shape index (κ1) is 10.6. The third-order valence-electron chi connectivity index (χ3n) is 2.96. The lowest BCUT2D eigenvalue weighted by Crippen LogP contribution is -2.57. The lowest BCUT2D eigenvalue weighted by molar-refractivity contribution is -0.0270. The van der Waals surface area contributed by atoms with Crippen LogP contribution in [-0.2, 0) is 17.8 Å². The molecule has 2 N–H and O–H groups in total. The first-order valence-electron chi connectivity index (χ1n) is 5.41. The van der Waals surface area contributed by atoms with Crippen LogP contribution < -0.4 is 10.6 Å². The van der Waals surface area contributed by atoms with Crippen LogP contribution in [0.15, 0.2) is 0 Å². The van der Waals surface area contributed by atoms with E-state index in [2.05, 4.69) is 9.97 Å². The summed E-state index contributed by atoms with van der Waals surface area (Å²) >= 11 is 0. The fourth-order valence-electron chi connectivity index (χ4n) is 2.16. The van der Waals surface area contributed by atoms with Gasteiger partial charge >= 0.3 is 0 Å². The van der Waals surface area contributed by atoms with E-state index in [0.29, 0.717) is 25.5 Å². The third kappa shape index (κ3) is 1.80. The zero-order valence-electron chi connectivity index (χ0n) is 9.12. The number of halogens is 2. The summed E-state index contributed by atoms with van der Waals surface area (Å²) in [7, 11) is 0. The van der Waals surface area contributed by atoms with Crippen LogP contribution in [0.1, 0.15) is 11.3 Å². The van der Waals surface area contributed by atoms with E-state index in [1.165, 1.54) is 4.90 Å². The molecule has 5 nitrogen and oxygen atoms in total. The number of nitrogens with two attached hydrogens (primary N) is 1. The van der Waals surface area contributed by atoms with Crippen molar-refractivity contribution in [3.05, 3.63) is 11.3 Å². The zero-order valence-corrected chi connectivity index (χ0v) is 9.12. The van der Waals surface area contributed by atoms with E-state index in [-0.39, 0.29) is 19.0 Å². The molecule has 0 amide bonds. The van der Waals surface area contributed by atoms with Crippen LogP contribution in [0.25, 0.3) is 0 Å². The van der Waals surface area contributed by atoms with E-state index in [1.54, 1.807) is 0 Å². The van der Waals surface area contributed by atoms with E-state index in [4.69, 9.17) is 10.5 Å². The summed E-state index contributed by atoms with van der Waals surface area (Å²) in [5, 5.41) is 0. The van der Waals surface area contributed by atoms with Crippen LogP contribution in [0.3, 0.4) is 0 Å². The molecule has 92 valence electrons. The van der Waals surface area contributed by atoms with Gasteiger partial charge in [0.2, 0.25) is 5.95 Å². The second-order valence-electron chi connectivity index (χ2n) is 4.35. The van der Waals surface area contributed by atoms with Gasteiger partial charge in [0.05, 0.1) is 32.0 Å². The van der Waals surface area contributed by atoms with Gasteiger partial charge in [-0.3, -0.25) is 0 Å². The SMILES string of the molecule is Nc1nc2c(c(N3CC(F)(F)C3)n1)COCC2. The van der Waals surface area contributed by atoms with Crippen molar-refractivity contribution in [3.8, 4) is 0 Å². The van der Waals surface area contributed by atoms with E-state index >= 15 is 0 Å². The van der Waals surface area contributed by atoms with E-state index in [1.807, 2.05) is 0 Å². The Morgan fingerprint density at radius 3 is 2.76 bits per heavy atom. The van der Waals surface area contributed by atoms with Gasteiger partial charge in [-0.2, -0.15) is 4.98 Å². The van der Waals surface area contributed by atoms with Crippen molar-refractivity contribution in [1.29, 1.82) is 0 Å². The largest absolute Gasteiger partial charge is 0.376 e. The molecule has 2 aliphatic heterocycles. The minimum absolute atomic E-state index is 0.135. The van der Waals surface area contributed by atoms with Crippen molar-refractivity contribution in [2.75, 3.05) is 30.3 Å². The highest BCUT2D eigenvalue weighted by molar-refractivity contribution is 5.54. The minimum Gasteiger partial charge on any atom is -0.376 e. The molecule has 0 radical (unpaired) electrons. The molecule has 3 rings (SSSR count). The van der Waals surface area contributed by atoms with Crippen molar-refractivity contribution in [2.45, 2.75) is 19.0 Å². The zero-order chi connectivity index (χ0) is 12.0. The normalized spacial score (nSPS) is 21.9. The molecule has 1 fully saturated rings. The standard InChI is InChI=1S/C10H12F2N4O/c11-10(12)4-16(5-10)8-6-3-17-2-1-7(6)14-9(13)15-8/h1-5H2,(H2,13,14,15). The highest BCUT2D eigenvalue weighted by atomic mass is 19.3.